The zero-order chi connectivity index (χ0) is 11.8. The lowest BCUT2D eigenvalue weighted by Gasteiger charge is -2.35. The van der Waals surface area contributed by atoms with E-state index in [0.29, 0.717) is 6.04 Å². The van der Waals surface area contributed by atoms with Crippen LogP contribution in [0.15, 0.2) is 24.3 Å². The molecule has 0 radical (unpaired) electrons. The first kappa shape index (κ1) is 11.0. The zero-order valence-electron chi connectivity index (χ0n) is 9.97. The van der Waals surface area contributed by atoms with Crippen LogP contribution in [0.3, 0.4) is 0 Å². The number of benzene rings is 1. The molecule has 1 heterocycles. The molecule has 1 aromatic heterocycles. The summed E-state index contributed by atoms with van der Waals surface area (Å²) in [6.07, 6.45) is 2.32. The van der Waals surface area contributed by atoms with Crippen LogP contribution < -0.4 is 10.6 Å². The minimum absolute atomic E-state index is 0.434. The van der Waals surface area contributed by atoms with Crippen molar-refractivity contribution in [3.63, 3.8) is 0 Å². The van der Waals surface area contributed by atoms with Crippen molar-refractivity contribution in [1.82, 2.24) is 4.98 Å². The zero-order valence-corrected chi connectivity index (χ0v) is 10.8. The molecule has 0 bridgehead atoms. The second kappa shape index (κ2) is 4.27. The van der Waals surface area contributed by atoms with Crippen molar-refractivity contribution in [1.29, 1.82) is 0 Å². The summed E-state index contributed by atoms with van der Waals surface area (Å²) in [5, 5.41) is 1.12. The molecule has 2 aromatic rings. The number of para-hydroxylation sites is 1. The molecule has 0 unspecified atom stereocenters. The highest BCUT2D eigenvalue weighted by Crippen LogP contribution is 2.31. The van der Waals surface area contributed by atoms with Crippen LogP contribution in [-0.2, 0) is 0 Å². The Morgan fingerprint density at radius 2 is 2.18 bits per heavy atom. The van der Waals surface area contributed by atoms with E-state index in [0.717, 1.165) is 36.0 Å². The number of fused-ring (bicyclic) bond motifs is 1. The molecule has 2 N–H and O–H groups in total. The quantitative estimate of drug-likeness (QED) is 0.906. The van der Waals surface area contributed by atoms with Crippen LogP contribution in [0.5, 0.6) is 0 Å². The van der Waals surface area contributed by atoms with Gasteiger partial charge in [-0.05, 0) is 30.9 Å². The van der Waals surface area contributed by atoms with E-state index in [1.54, 1.807) is 11.3 Å². The van der Waals surface area contributed by atoms with E-state index in [1.165, 1.54) is 4.70 Å². The van der Waals surface area contributed by atoms with Crippen LogP contribution in [0.4, 0.5) is 5.13 Å². The number of aromatic nitrogens is 1. The lowest BCUT2D eigenvalue weighted by Crippen LogP contribution is -2.41. The molecule has 1 aromatic carbocycles. The number of nitrogens with two attached hydrogens (primary N) is 1. The first-order valence-corrected chi connectivity index (χ1v) is 6.86. The summed E-state index contributed by atoms with van der Waals surface area (Å²) >= 11 is 1.77. The maximum atomic E-state index is 5.81. The molecule has 90 valence electrons. The van der Waals surface area contributed by atoms with Gasteiger partial charge in [0.1, 0.15) is 0 Å². The van der Waals surface area contributed by atoms with Gasteiger partial charge in [-0.25, -0.2) is 4.98 Å². The minimum atomic E-state index is 0.434. The Hall–Kier alpha value is -1.13. The standard InChI is InChI=1S/C13H17N3S/c1-16(8-9-6-10(14)7-9)13-15-11-4-2-3-5-12(11)17-13/h2-5,9-10H,6-8,14H2,1H3. The number of nitrogens with zero attached hydrogens (tertiary/aromatic N) is 2. The molecule has 1 saturated carbocycles. The van der Waals surface area contributed by atoms with Gasteiger partial charge in [0.05, 0.1) is 10.2 Å². The summed E-state index contributed by atoms with van der Waals surface area (Å²) < 4.78 is 1.26. The molecule has 3 rings (SSSR count). The van der Waals surface area contributed by atoms with E-state index < -0.39 is 0 Å². The topological polar surface area (TPSA) is 42.1 Å². The van der Waals surface area contributed by atoms with Crippen LogP contribution in [0.25, 0.3) is 10.2 Å². The van der Waals surface area contributed by atoms with Crippen molar-refractivity contribution >= 4 is 26.7 Å². The molecule has 0 amide bonds. The molecule has 4 heteroatoms. The van der Waals surface area contributed by atoms with Gasteiger partial charge in [0, 0.05) is 19.6 Å². The number of rotatable bonds is 3. The third-order valence-corrected chi connectivity index (χ3v) is 4.56. The molecule has 0 saturated heterocycles. The van der Waals surface area contributed by atoms with Crippen molar-refractivity contribution in [3.05, 3.63) is 24.3 Å². The lowest BCUT2D eigenvalue weighted by molar-refractivity contribution is 0.271. The van der Waals surface area contributed by atoms with Crippen LogP contribution in [0.2, 0.25) is 0 Å². The summed E-state index contributed by atoms with van der Waals surface area (Å²) in [5.74, 6) is 0.752. The van der Waals surface area contributed by atoms with E-state index in [2.05, 4.69) is 35.1 Å². The molecule has 1 fully saturated rings. The third-order valence-electron chi connectivity index (χ3n) is 3.41. The van der Waals surface area contributed by atoms with Gasteiger partial charge in [-0.15, -0.1) is 0 Å². The van der Waals surface area contributed by atoms with E-state index in [9.17, 15) is 0 Å². The largest absolute Gasteiger partial charge is 0.351 e. The van der Waals surface area contributed by atoms with Crippen LogP contribution >= 0.6 is 11.3 Å². The fraction of sp³-hybridized carbons (Fsp3) is 0.462. The SMILES string of the molecule is CN(CC1CC(N)C1)c1nc2ccccc2s1. The van der Waals surface area contributed by atoms with Gasteiger partial charge in [-0.1, -0.05) is 23.5 Å². The van der Waals surface area contributed by atoms with Crippen molar-refractivity contribution in [2.45, 2.75) is 18.9 Å². The van der Waals surface area contributed by atoms with E-state index >= 15 is 0 Å². The highest BCUT2D eigenvalue weighted by Gasteiger charge is 2.27. The molecule has 17 heavy (non-hydrogen) atoms. The number of hydrogen-bond acceptors (Lipinski definition) is 4. The van der Waals surface area contributed by atoms with Gasteiger partial charge < -0.3 is 10.6 Å². The molecule has 0 aliphatic heterocycles. The summed E-state index contributed by atoms with van der Waals surface area (Å²) in [7, 11) is 2.13. The maximum absolute atomic E-state index is 5.81. The molecular formula is C13H17N3S. The van der Waals surface area contributed by atoms with Gasteiger partial charge >= 0.3 is 0 Å². The number of anilines is 1. The first-order chi connectivity index (χ1) is 8.22. The van der Waals surface area contributed by atoms with Gasteiger partial charge in [-0.3, -0.25) is 0 Å². The Bertz CT molecular complexity index is 483. The van der Waals surface area contributed by atoms with Crippen molar-refractivity contribution in [2.24, 2.45) is 11.7 Å². The number of thiazole rings is 1. The molecule has 1 aliphatic carbocycles. The van der Waals surface area contributed by atoms with Gasteiger partial charge in [0.25, 0.3) is 0 Å². The Morgan fingerprint density at radius 3 is 2.88 bits per heavy atom. The number of hydrogen-bond donors (Lipinski definition) is 1. The van der Waals surface area contributed by atoms with Gasteiger partial charge in [0.2, 0.25) is 0 Å². The Labute approximate surface area is 105 Å². The van der Waals surface area contributed by atoms with E-state index in [-0.39, 0.29) is 0 Å². The fourth-order valence-corrected chi connectivity index (χ4v) is 3.36. The molecule has 3 nitrogen and oxygen atoms in total. The van der Waals surface area contributed by atoms with Crippen LogP contribution in [0, 0.1) is 5.92 Å². The molecular weight excluding hydrogens is 230 g/mol. The summed E-state index contributed by atoms with van der Waals surface area (Å²) in [6.45, 7) is 1.08. The fourth-order valence-electron chi connectivity index (χ4n) is 2.43. The van der Waals surface area contributed by atoms with Crippen molar-refractivity contribution in [2.75, 3.05) is 18.5 Å². The Balaban J connectivity index is 1.74. The Kier molecular flexibility index (Phi) is 2.76. The van der Waals surface area contributed by atoms with Gasteiger partial charge in [-0.2, -0.15) is 0 Å². The Morgan fingerprint density at radius 1 is 1.41 bits per heavy atom. The van der Waals surface area contributed by atoms with Crippen LogP contribution in [0.1, 0.15) is 12.8 Å². The second-order valence-electron chi connectivity index (χ2n) is 4.94. The van der Waals surface area contributed by atoms with Crippen LogP contribution in [-0.4, -0.2) is 24.6 Å². The average molecular weight is 247 g/mol. The predicted octanol–water partition coefficient (Wildman–Crippen LogP) is 2.47. The van der Waals surface area contributed by atoms with Crippen molar-refractivity contribution in [3.8, 4) is 0 Å². The van der Waals surface area contributed by atoms with E-state index in [1.807, 2.05) is 6.07 Å². The third kappa shape index (κ3) is 2.15. The van der Waals surface area contributed by atoms with E-state index in [4.69, 9.17) is 5.73 Å². The van der Waals surface area contributed by atoms with Gasteiger partial charge in [0.15, 0.2) is 5.13 Å². The normalized spacial score (nSPS) is 23.6. The smallest absolute Gasteiger partial charge is 0.186 e. The highest BCUT2D eigenvalue weighted by molar-refractivity contribution is 7.22. The molecule has 0 spiro atoms. The van der Waals surface area contributed by atoms with Crippen molar-refractivity contribution < 1.29 is 0 Å². The predicted molar refractivity (Wildman–Crippen MR) is 73.6 cm³/mol. The second-order valence-corrected chi connectivity index (χ2v) is 5.95. The summed E-state index contributed by atoms with van der Waals surface area (Å²) in [5.41, 5.74) is 6.91. The average Bonchev–Trinajstić information content (AvgIpc) is 2.70. The molecule has 1 aliphatic rings. The summed E-state index contributed by atoms with van der Waals surface area (Å²) in [4.78, 5) is 6.92. The first-order valence-electron chi connectivity index (χ1n) is 6.04. The minimum Gasteiger partial charge on any atom is -0.351 e. The highest BCUT2D eigenvalue weighted by atomic mass is 32.1. The lowest BCUT2D eigenvalue weighted by atomic mass is 9.81. The summed E-state index contributed by atoms with van der Waals surface area (Å²) in [6, 6.07) is 8.74. The maximum Gasteiger partial charge on any atom is 0.186 e. The monoisotopic (exact) mass is 247 g/mol. The molecule has 0 atom stereocenters.